The van der Waals surface area contributed by atoms with E-state index in [9.17, 15) is 27.6 Å². The molecular weight excluding hydrogens is 545 g/mol. The number of nitrogens with two attached hydrogens (primary N) is 1. The SMILES string of the molecule is Cc1cc(C)c2c(c1)C(CC(=O)N[C@@H](Cc1cc(F)cc(F)c1)c1ncccc1-c1ccc(F)c(C(N)=O)c1)C(=O)N2. The van der Waals surface area contributed by atoms with E-state index in [4.69, 9.17) is 5.73 Å². The number of anilines is 1. The number of amides is 3. The molecule has 10 heteroatoms. The van der Waals surface area contributed by atoms with Crippen molar-refractivity contribution in [1.82, 2.24) is 10.3 Å². The third-order valence-electron chi connectivity index (χ3n) is 7.25. The van der Waals surface area contributed by atoms with Crippen LogP contribution in [0.3, 0.4) is 0 Å². The van der Waals surface area contributed by atoms with Crippen LogP contribution in [0, 0.1) is 31.3 Å². The molecule has 3 amide bonds. The van der Waals surface area contributed by atoms with Crippen LogP contribution in [0.2, 0.25) is 0 Å². The molecule has 214 valence electrons. The van der Waals surface area contributed by atoms with Crippen molar-refractivity contribution in [2.75, 3.05) is 5.32 Å². The first kappa shape index (κ1) is 28.5. The van der Waals surface area contributed by atoms with Crippen LogP contribution >= 0.6 is 0 Å². The van der Waals surface area contributed by atoms with Gasteiger partial charge in [0.2, 0.25) is 11.8 Å². The van der Waals surface area contributed by atoms with Crippen molar-refractivity contribution < 1.29 is 27.6 Å². The fourth-order valence-corrected chi connectivity index (χ4v) is 5.44. The van der Waals surface area contributed by atoms with E-state index in [-0.39, 0.29) is 29.9 Å². The van der Waals surface area contributed by atoms with Gasteiger partial charge in [-0.15, -0.1) is 0 Å². The molecular formula is C32H27F3N4O3. The summed E-state index contributed by atoms with van der Waals surface area (Å²) in [4.78, 5) is 42.6. The summed E-state index contributed by atoms with van der Waals surface area (Å²) in [6.45, 7) is 3.79. The molecule has 1 unspecified atom stereocenters. The maximum Gasteiger partial charge on any atom is 0.251 e. The predicted octanol–water partition coefficient (Wildman–Crippen LogP) is 5.41. The monoisotopic (exact) mass is 572 g/mol. The highest BCUT2D eigenvalue weighted by Gasteiger charge is 2.34. The number of fused-ring (bicyclic) bond motifs is 1. The number of aryl methyl sites for hydroxylation is 2. The first-order chi connectivity index (χ1) is 20.0. The van der Waals surface area contributed by atoms with Gasteiger partial charge in [0.25, 0.3) is 5.91 Å². The molecule has 5 rings (SSSR count). The van der Waals surface area contributed by atoms with Crippen molar-refractivity contribution in [1.29, 1.82) is 0 Å². The van der Waals surface area contributed by atoms with E-state index in [1.54, 1.807) is 12.1 Å². The van der Waals surface area contributed by atoms with Crippen molar-refractivity contribution in [3.63, 3.8) is 0 Å². The number of hydrogen-bond donors (Lipinski definition) is 3. The summed E-state index contributed by atoms with van der Waals surface area (Å²) >= 11 is 0. The van der Waals surface area contributed by atoms with Crippen LogP contribution in [-0.4, -0.2) is 22.7 Å². The molecule has 0 radical (unpaired) electrons. The second kappa shape index (κ2) is 11.5. The molecule has 1 aliphatic heterocycles. The number of carbonyl (C=O) groups excluding carboxylic acids is 3. The van der Waals surface area contributed by atoms with Crippen LogP contribution < -0.4 is 16.4 Å². The summed E-state index contributed by atoms with van der Waals surface area (Å²) < 4.78 is 42.4. The minimum absolute atomic E-state index is 0.0556. The molecule has 42 heavy (non-hydrogen) atoms. The topological polar surface area (TPSA) is 114 Å². The summed E-state index contributed by atoms with van der Waals surface area (Å²) in [6.07, 6.45) is 1.25. The number of hydrogen-bond acceptors (Lipinski definition) is 4. The van der Waals surface area contributed by atoms with Crippen molar-refractivity contribution >= 4 is 23.4 Å². The van der Waals surface area contributed by atoms with Gasteiger partial charge in [0, 0.05) is 29.9 Å². The molecule has 3 aromatic carbocycles. The Morgan fingerprint density at radius 2 is 1.76 bits per heavy atom. The number of nitrogens with one attached hydrogen (secondary N) is 2. The number of halogens is 3. The molecule has 2 atom stereocenters. The van der Waals surface area contributed by atoms with Crippen molar-refractivity contribution in [2.45, 2.75) is 38.6 Å². The second-order valence-corrected chi connectivity index (χ2v) is 10.4. The van der Waals surface area contributed by atoms with Gasteiger partial charge in [0.15, 0.2) is 0 Å². The number of carbonyl (C=O) groups is 3. The zero-order valence-corrected chi connectivity index (χ0v) is 22.8. The highest BCUT2D eigenvalue weighted by Crippen LogP contribution is 2.38. The van der Waals surface area contributed by atoms with Gasteiger partial charge in [0.05, 0.1) is 23.2 Å². The zero-order valence-electron chi connectivity index (χ0n) is 22.8. The second-order valence-electron chi connectivity index (χ2n) is 10.4. The lowest BCUT2D eigenvalue weighted by Crippen LogP contribution is -2.33. The van der Waals surface area contributed by atoms with Crippen LogP contribution in [0.1, 0.15) is 56.7 Å². The Balaban J connectivity index is 1.52. The maximum absolute atomic E-state index is 14.2. The molecule has 7 nitrogen and oxygen atoms in total. The molecule has 4 aromatic rings. The van der Waals surface area contributed by atoms with Crippen LogP contribution in [-0.2, 0) is 16.0 Å². The fourth-order valence-electron chi connectivity index (χ4n) is 5.44. The largest absolute Gasteiger partial charge is 0.366 e. The van der Waals surface area contributed by atoms with E-state index in [2.05, 4.69) is 15.6 Å². The number of primary amides is 1. The lowest BCUT2D eigenvalue weighted by atomic mass is 9.92. The van der Waals surface area contributed by atoms with E-state index < -0.39 is 41.2 Å². The number of nitrogens with zero attached hydrogens (tertiary/aromatic N) is 1. The third-order valence-corrected chi connectivity index (χ3v) is 7.25. The third kappa shape index (κ3) is 5.88. The van der Waals surface area contributed by atoms with Gasteiger partial charge in [-0.05, 0) is 72.9 Å². The minimum atomic E-state index is -0.958. The molecule has 0 saturated carbocycles. The Morgan fingerprint density at radius 3 is 2.48 bits per heavy atom. The Bertz CT molecular complexity index is 1720. The number of aromatic nitrogens is 1. The maximum atomic E-state index is 14.2. The molecule has 0 saturated heterocycles. The van der Waals surface area contributed by atoms with Gasteiger partial charge < -0.3 is 16.4 Å². The molecule has 0 spiro atoms. The van der Waals surface area contributed by atoms with Gasteiger partial charge in [-0.2, -0.15) is 0 Å². The summed E-state index contributed by atoms with van der Waals surface area (Å²) in [5, 5.41) is 5.75. The van der Waals surface area contributed by atoms with E-state index in [0.717, 1.165) is 41.0 Å². The summed E-state index contributed by atoms with van der Waals surface area (Å²) in [5.74, 6) is -4.85. The molecule has 0 bridgehead atoms. The van der Waals surface area contributed by atoms with Crippen molar-refractivity contribution in [3.8, 4) is 11.1 Å². The number of rotatable bonds is 8. The molecule has 4 N–H and O–H groups in total. The van der Waals surface area contributed by atoms with Crippen LogP contribution in [0.15, 0.2) is 66.9 Å². The first-order valence-electron chi connectivity index (χ1n) is 13.2. The fraction of sp³-hybridized carbons (Fsp3) is 0.188. The van der Waals surface area contributed by atoms with E-state index >= 15 is 0 Å². The Morgan fingerprint density at radius 1 is 1.02 bits per heavy atom. The van der Waals surface area contributed by atoms with Gasteiger partial charge in [-0.1, -0.05) is 29.8 Å². The average molecular weight is 573 g/mol. The molecule has 1 aromatic heterocycles. The van der Waals surface area contributed by atoms with Gasteiger partial charge >= 0.3 is 0 Å². The van der Waals surface area contributed by atoms with E-state index in [1.807, 2.05) is 26.0 Å². The van der Waals surface area contributed by atoms with E-state index in [1.165, 1.54) is 18.3 Å². The highest BCUT2D eigenvalue weighted by atomic mass is 19.1. The summed E-state index contributed by atoms with van der Waals surface area (Å²) in [5.41, 5.74) is 9.66. The van der Waals surface area contributed by atoms with Crippen LogP contribution in [0.25, 0.3) is 11.1 Å². The predicted molar refractivity (Wildman–Crippen MR) is 151 cm³/mol. The van der Waals surface area contributed by atoms with E-state index in [0.29, 0.717) is 22.5 Å². The minimum Gasteiger partial charge on any atom is -0.366 e. The Hall–Kier alpha value is -4.99. The summed E-state index contributed by atoms with van der Waals surface area (Å²) in [6, 6.07) is 13.0. The summed E-state index contributed by atoms with van der Waals surface area (Å²) in [7, 11) is 0. The quantitative estimate of drug-likeness (QED) is 0.262. The van der Waals surface area contributed by atoms with Gasteiger partial charge in [0.1, 0.15) is 17.5 Å². The molecule has 2 heterocycles. The zero-order chi connectivity index (χ0) is 30.1. The van der Waals surface area contributed by atoms with Crippen LogP contribution in [0.4, 0.5) is 18.9 Å². The van der Waals surface area contributed by atoms with Crippen LogP contribution in [0.5, 0.6) is 0 Å². The average Bonchev–Trinajstić information content (AvgIpc) is 3.23. The highest BCUT2D eigenvalue weighted by molar-refractivity contribution is 6.05. The van der Waals surface area contributed by atoms with Crippen molar-refractivity contribution in [3.05, 3.63) is 118 Å². The Kier molecular flexibility index (Phi) is 7.80. The first-order valence-corrected chi connectivity index (χ1v) is 13.2. The normalized spacial score (nSPS) is 14.7. The lowest BCUT2D eigenvalue weighted by molar-refractivity contribution is -0.125. The molecule has 1 aliphatic rings. The molecule has 0 fully saturated rings. The Labute approximate surface area is 240 Å². The van der Waals surface area contributed by atoms with Gasteiger partial charge in [-0.25, -0.2) is 13.2 Å². The van der Waals surface area contributed by atoms with Crippen molar-refractivity contribution in [2.24, 2.45) is 5.73 Å². The lowest BCUT2D eigenvalue weighted by Gasteiger charge is -2.22. The number of pyridine rings is 1. The number of benzene rings is 3. The van der Waals surface area contributed by atoms with Gasteiger partial charge in [-0.3, -0.25) is 19.4 Å². The smallest absolute Gasteiger partial charge is 0.251 e. The molecule has 0 aliphatic carbocycles. The standard InChI is InChI=1S/C32H27F3N4O3/c1-16-8-17(2)29-23(9-16)24(32(42)39-29)15-28(40)38-27(12-18-10-20(33)14-21(34)11-18)30-22(4-3-7-37-30)19-5-6-26(35)25(13-19)31(36)41/h3-11,13-14,24,27H,12,15H2,1-2H3,(H2,36,41)(H,38,40)(H,39,42)/t24?,27-/m0/s1.